The summed E-state index contributed by atoms with van der Waals surface area (Å²) in [6.07, 6.45) is 1.69. The van der Waals surface area contributed by atoms with Crippen LogP contribution in [0.3, 0.4) is 0 Å². The molecule has 1 unspecified atom stereocenters. The predicted octanol–water partition coefficient (Wildman–Crippen LogP) is 1.86. The smallest absolute Gasteiger partial charge is 0.173 e. The Kier molecular flexibility index (Phi) is 4.09. The van der Waals surface area contributed by atoms with Crippen LogP contribution in [0, 0.1) is 0 Å². The highest BCUT2D eigenvalue weighted by atomic mass is 79.9. The molecule has 0 bridgehead atoms. The van der Waals surface area contributed by atoms with Crippen LogP contribution in [0.4, 0.5) is 0 Å². The van der Waals surface area contributed by atoms with Crippen molar-refractivity contribution in [3.05, 3.63) is 39.7 Å². The SMILES string of the molecule is COc1ccc(CNC2C=CS(=O)(=O)C2)cc1Br. The van der Waals surface area contributed by atoms with Crippen molar-refractivity contribution < 1.29 is 13.2 Å². The second-order valence-corrected chi connectivity index (χ2v) is 6.90. The van der Waals surface area contributed by atoms with E-state index in [9.17, 15) is 8.42 Å². The van der Waals surface area contributed by atoms with E-state index in [-0.39, 0.29) is 11.8 Å². The van der Waals surface area contributed by atoms with E-state index in [1.165, 1.54) is 5.41 Å². The highest BCUT2D eigenvalue weighted by molar-refractivity contribution is 9.10. The first kappa shape index (κ1) is 13.6. The molecule has 0 amide bonds. The number of sulfone groups is 1. The zero-order chi connectivity index (χ0) is 13.2. The van der Waals surface area contributed by atoms with E-state index in [1.54, 1.807) is 13.2 Å². The first-order valence-electron chi connectivity index (χ1n) is 5.47. The highest BCUT2D eigenvalue weighted by Crippen LogP contribution is 2.25. The van der Waals surface area contributed by atoms with Crippen molar-refractivity contribution in [2.75, 3.05) is 12.9 Å². The van der Waals surface area contributed by atoms with Crippen molar-refractivity contribution in [2.24, 2.45) is 0 Å². The van der Waals surface area contributed by atoms with Crippen molar-refractivity contribution >= 4 is 25.8 Å². The molecule has 0 spiro atoms. The van der Waals surface area contributed by atoms with Gasteiger partial charge in [-0.2, -0.15) is 0 Å². The molecule has 0 aliphatic carbocycles. The predicted molar refractivity (Wildman–Crippen MR) is 74.2 cm³/mol. The van der Waals surface area contributed by atoms with E-state index in [1.807, 2.05) is 18.2 Å². The zero-order valence-electron chi connectivity index (χ0n) is 9.89. The Bertz CT molecular complexity index is 569. The maximum Gasteiger partial charge on any atom is 0.173 e. The molecule has 6 heteroatoms. The van der Waals surface area contributed by atoms with Crippen molar-refractivity contribution in [2.45, 2.75) is 12.6 Å². The van der Waals surface area contributed by atoms with Gasteiger partial charge in [0.2, 0.25) is 0 Å². The number of rotatable bonds is 4. The molecule has 1 atom stereocenters. The number of benzene rings is 1. The number of halogens is 1. The van der Waals surface area contributed by atoms with Crippen LogP contribution >= 0.6 is 15.9 Å². The second kappa shape index (κ2) is 5.42. The minimum absolute atomic E-state index is 0.101. The van der Waals surface area contributed by atoms with Crippen molar-refractivity contribution in [3.63, 3.8) is 0 Å². The molecule has 0 radical (unpaired) electrons. The molecule has 0 aromatic heterocycles. The van der Waals surface area contributed by atoms with Crippen molar-refractivity contribution in [1.29, 1.82) is 0 Å². The van der Waals surface area contributed by atoms with Crippen LogP contribution < -0.4 is 10.1 Å². The third kappa shape index (κ3) is 3.34. The average Bonchev–Trinajstić information content (AvgIpc) is 2.66. The minimum Gasteiger partial charge on any atom is -0.496 e. The van der Waals surface area contributed by atoms with Gasteiger partial charge in [0.05, 0.1) is 17.3 Å². The van der Waals surface area contributed by atoms with Gasteiger partial charge >= 0.3 is 0 Å². The van der Waals surface area contributed by atoms with Crippen molar-refractivity contribution in [1.82, 2.24) is 5.32 Å². The number of methoxy groups -OCH3 is 1. The molecule has 18 heavy (non-hydrogen) atoms. The lowest BCUT2D eigenvalue weighted by Gasteiger charge is -2.11. The summed E-state index contributed by atoms with van der Waals surface area (Å²) in [6, 6.07) is 5.68. The van der Waals surface area contributed by atoms with Gasteiger partial charge in [0.15, 0.2) is 9.84 Å². The van der Waals surface area contributed by atoms with Crippen LogP contribution in [0.2, 0.25) is 0 Å². The molecule has 1 aromatic rings. The van der Waals surface area contributed by atoms with E-state index in [0.29, 0.717) is 6.54 Å². The molecule has 1 aliphatic rings. The third-order valence-corrected chi connectivity index (χ3v) is 4.73. The van der Waals surface area contributed by atoms with E-state index >= 15 is 0 Å². The standard InChI is InChI=1S/C12H14BrNO3S/c1-17-12-3-2-9(6-11(12)13)7-14-10-4-5-18(15,16)8-10/h2-6,10,14H,7-8H2,1H3. The van der Waals surface area contributed by atoms with E-state index in [4.69, 9.17) is 4.74 Å². The number of hydrogen-bond donors (Lipinski definition) is 1. The molecular formula is C12H14BrNO3S. The average molecular weight is 332 g/mol. The maximum atomic E-state index is 11.2. The summed E-state index contributed by atoms with van der Waals surface area (Å²) in [4.78, 5) is 0. The molecule has 1 aliphatic heterocycles. The molecule has 1 aromatic carbocycles. The maximum absolute atomic E-state index is 11.2. The summed E-state index contributed by atoms with van der Waals surface area (Å²) >= 11 is 3.42. The molecule has 4 nitrogen and oxygen atoms in total. The second-order valence-electron chi connectivity index (χ2n) is 4.11. The van der Waals surface area contributed by atoms with Crippen LogP contribution in [-0.4, -0.2) is 27.3 Å². The molecule has 0 fully saturated rings. The van der Waals surface area contributed by atoms with E-state index in [2.05, 4.69) is 21.2 Å². The highest BCUT2D eigenvalue weighted by Gasteiger charge is 2.20. The molecule has 2 rings (SSSR count). The summed E-state index contributed by atoms with van der Waals surface area (Å²) in [5.41, 5.74) is 1.07. The summed E-state index contributed by atoms with van der Waals surface area (Å²) in [7, 11) is -1.37. The van der Waals surface area contributed by atoms with Gasteiger partial charge in [-0.1, -0.05) is 12.1 Å². The lowest BCUT2D eigenvalue weighted by molar-refractivity contribution is 0.412. The Hall–Kier alpha value is -0.850. The summed E-state index contributed by atoms with van der Waals surface area (Å²) in [5, 5.41) is 4.46. The summed E-state index contributed by atoms with van der Waals surface area (Å²) in [5.74, 6) is 0.923. The molecule has 1 heterocycles. The summed E-state index contributed by atoms with van der Waals surface area (Å²) < 4.78 is 28.5. The van der Waals surface area contributed by atoms with Gasteiger partial charge in [0.25, 0.3) is 0 Å². The lowest BCUT2D eigenvalue weighted by Crippen LogP contribution is -2.29. The number of ether oxygens (including phenoxy) is 1. The largest absolute Gasteiger partial charge is 0.496 e. The number of hydrogen-bond acceptors (Lipinski definition) is 4. The molecule has 0 saturated carbocycles. The number of nitrogens with one attached hydrogen (secondary N) is 1. The van der Waals surface area contributed by atoms with E-state index < -0.39 is 9.84 Å². The topological polar surface area (TPSA) is 55.4 Å². The van der Waals surface area contributed by atoms with Gasteiger partial charge in [-0.3, -0.25) is 0 Å². The summed E-state index contributed by atoms with van der Waals surface area (Å²) in [6.45, 7) is 0.618. The van der Waals surface area contributed by atoms with Crippen LogP contribution in [-0.2, 0) is 16.4 Å². The Morgan fingerprint density at radius 3 is 2.83 bits per heavy atom. The Labute approximate surface area is 115 Å². The minimum atomic E-state index is -2.99. The Morgan fingerprint density at radius 1 is 1.50 bits per heavy atom. The van der Waals surface area contributed by atoms with Gasteiger partial charge in [0, 0.05) is 18.0 Å². The fourth-order valence-electron chi connectivity index (χ4n) is 1.77. The van der Waals surface area contributed by atoms with Crippen molar-refractivity contribution in [3.8, 4) is 5.75 Å². The molecule has 98 valence electrons. The zero-order valence-corrected chi connectivity index (χ0v) is 12.3. The molecule has 1 N–H and O–H groups in total. The molecular weight excluding hydrogens is 318 g/mol. The fraction of sp³-hybridized carbons (Fsp3) is 0.333. The van der Waals surface area contributed by atoms with Crippen LogP contribution in [0.15, 0.2) is 34.2 Å². The Morgan fingerprint density at radius 2 is 2.28 bits per heavy atom. The van der Waals surface area contributed by atoms with Gasteiger partial charge in [0.1, 0.15) is 5.75 Å². The normalized spacial score (nSPS) is 21.1. The lowest BCUT2D eigenvalue weighted by atomic mass is 10.2. The van der Waals surface area contributed by atoms with E-state index in [0.717, 1.165) is 15.8 Å². The van der Waals surface area contributed by atoms with Crippen LogP contribution in [0.1, 0.15) is 5.56 Å². The third-order valence-electron chi connectivity index (χ3n) is 2.71. The van der Waals surface area contributed by atoms with Crippen LogP contribution in [0.25, 0.3) is 0 Å². The first-order chi connectivity index (χ1) is 8.50. The monoisotopic (exact) mass is 331 g/mol. The van der Waals surface area contributed by atoms with Gasteiger partial charge in [-0.25, -0.2) is 8.42 Å². The van der Waals surface area contributed by atoms with Gasteiger partial charge in [-0.05, 0) is 33.6 Å². The first-order valence-corrected chi connectivity index (χ1v) is 7.98. The fourth-order valence-corrected chi connectivity index (χ4v) is 3.63. The van der Waals surface area contributed by atoms with Crippen LogP contribution in [0.5, 0.6) is 5.75 Å². The quantitative estimate of drug-likeness (QED) is 0.914. The van der Waals surface area contributed by atoms with Gasteiger partial charge in [-0.15, -0.1) is 0 Å². The molecule has 0 saturated heterocycles. The van der Waals surface area contributed by atoms with Gasteiger partial charge < -0.3 is 10.1 Å². The Balaban J connectivity index is 1.95.